The molecule has 0 spiro atoms. The van der Waals surface area contributed by atoms with E-state index in [0.717, 1.165) is 53.1 Å². The largest absolute Gasteiger partial charge is 0.352 e. The molecule has 0 radical (unpaired) electrons. The fourth-order valence-electron chi connectivity index (χ4n) is 5.85. The standard InChI is InChI=1S/C37H40ClN3O4S/c1-28-17-23-34(24-18-28)46(44,45)41(33-21-19-31(38)20-22-33)27-36(42)40(26-30-13-7-3-8-14-30)35(25-29-11-5-2-6-12-29)37(43)39-32-15-9-4-10-16-32/h2-3,5-8,11-14,17-24,32,35H,4,9-10,15-16,25-27H2,1H3,(H,39,43)/t35-/m0/s1. The zero-order valence-electron chi connectivity index (χ0n) is 26.0. The summed E-state index contributed by atoms with van der Waals surface area (Å²) in [4.78, 5) is 30.3. The van der Waals surface area contributed by atoms with Crippen LogP contribution in [0.5, 0.6) is 0 Å². The summed E-state index contributed by atoms with van der Waals surface area (Å²) in [5, 5.41) is 3.67. The van der Waals surface area contributed by atoms with E-state index in [2.05, 4.69) is 5.32 Å². The lowest BCUT2D eigenvalue weighted by Crippen LogP contribution is -2.55. The summed E-state index contributed by atoms with van der Waals surface area (Å²) in [6.07, 6.45) is 5.32. The van der Waals surface area contributed by atoms with E-state index in [-0.39, 0.29) is 29.8 Å². The van der Waals surface area contributed by atoms with Crippen LogP contribution < -0.4 is 9.62 Å². The number of hydrogen-bond donors (Lipinski definition) is 1. The van der Waals surface area contributed by atoms with Gasteiger partial charge < -0.3 is 10.2 Å². The van der Waals surface area contributed by atoms with E-state index in [1.54, 1.807) is 36.4 Å². The predicted molar refractivity (Wildman–Crippen MR) is 183 cm³/mol. The smallest absolute Gasteiger partial charge is 0.264 e. The van der Waals surface area contributed by atoms with Gasteiger partial charge in [-0.1, -0.05) is 109 Å². The molecule has 4 aromatic rings. The summed E-state index contributed by atoms with van der Waals surface area (Å²) in [5.74, 6) is -0.728. The molecule has 9 heteroatoms. The van der Waals surface area contributed by atoms with Crippen LogP contribution in [0.25, 0.3) is 0 Å². The number of halogens is 1. The summed E-state index contributed by atoms with van der Waals surface area (Å²) >= 11 is 6.16. The molecule has 5 rings (SSSR count). The first-order valence-electron chi connectivity index (χ1n) is 15.7. The molecule has 1 N–H and O–H groups in total. The van der Waals surface area contributed by atoms with Crippen molar-refractivity contribution in [2.45, 2.75) is 69.0 Å². The number of carbonyl (C=O) groups excluding carboxylic acids is 2. The Hall–Kier alpha value is -4.14. The molecule has 2 amide bonds. The van der Waals surface area contributed by atoms with Gasteiger partial charge in [0.15, 0.2) is 0 Å². The molecule has 7 nitrogen and oxygen atoms in total. The first-order chi connectivity index (χ1) is 22.2. The molecule has 0 bridgehead atoms. The highest BCUT2D eigenvalue weighted by Gasteiger charge is 2.35. The van der Waals surface area contributed by atoms with Gasteiger partial charge in [0.05, 0.1) is 10.6 Å². The molecule has 4 aromatic carbocycles. The van der Waals surface area contributed by atoms with Crippen molar-refractivity contribution in [3.63, 3.8) is 0 Å². The van der Waals surface area contributed by atoms with Gasteiger partial charge in [-0.3, -0.25) is 13.9 Å². The Kier molecular flexibility index (Phi) is 11.1. The maximum atomic E-state index is 14.6. The van der Waals surface area contributed by atoms with Crippen molar-refractivity contribution in [3.8, 4) is 0 Å². The highest BCUT2D eigenvalue weighted by atomic mass is 35.5. The van der Waals surface area contributed by atoms with E-state index in [1.165, 1.54) is 17.0 Å². The quantitative estimate of drug-likeness (QED) is 0.179. The monoisotopic (exact) mass is 657 g/mol. The number of aryl methyl sites for hydroxylation is 1. The highest BCUT2D eigenvalue weighted by Crippen LogP contribution is 2.27. The third kappa shape index (κ3) is 8.56. The number of benzene rings is 4. The zero-order chi connectivity index (χ0) is 32.5. The summed E-state index contributed by atoms with van der Waals surface area (Å²) in [6, 6.07) is 31.1. The summed E-state index contributed by atoms with van der Waals surface area (Å²) in [6.45, 7) is 1.50. The highest BCUT2D eigenvalue weighted by molar-refractivity contribution is 7.92. The number of amides is 2. The van der Waals surface area contributed by atoms with E-state index in [4.69, 9.17) is 11.6 Å². The molecule has 0 aliphatic heterocycles. The first-order valence-corrected chi connectivity index (χ1v) is 17.6. The predicted octanol–water partition coefficient (Wildman–Crippen LogP) is 6.93. The third-order valence-electron chi connectivity index (χ3n) is 8.42. The number of carbonyl (C=O) groups is 2. The van der Waals surface area contributed by atoms with Crippen molar-refractivity contribution < 1.29 is 18.0 Å². The fraction of sp³-hybridized carbons (Fsp3) is 0.297. The lowest BCUT2D eigenvalue weighted by atomic mass is 9.94. The molecule has 0 unspecified atom stereocenters. The van der Waals surface area contributed by atoms with Crippen LogP contribution >= 0.6 is 11.6 Å². The number of nitrogens with zero attached hydrogens (tertiary/aromatic N) is 2. The average Bonchev–Trinajstić information content (AvgIpc) is 3.07. The van der Waals surface area contributed by atoms with Gasteiger partial charge in [-0.05, 0) is 67.3 Å². The molecule has 1 aliphatic rings. The van der Waals surface area contributed by atoms with E-state index < -0.39 is 28.5 Å². The molecule has 1 atom stereocenters. The van der Waals surface area contributed by atoms with E-state index in [1.807, 2.05) is 67.6 Å². The van der Waals surface area contributed by atoms with Crippen LogP contribution in [-0.2, 0) is 32.6 Å². The van der Waals surface area contributed by atoms with Crippen molar-refractivity contribution in [2.24, 2.45) is 0 Å². The Bertz CT molecular complexity index is 1690. The Labute approximate surface area is 277 Å². The Morgan fingerprint density at radius 2 is 1.39 bits per heavy atom. The van der Waals surface area contributed by atoms with E-state index in [9.17, 15) is 18.0 Å². The SMILES string of the molecule is Cc1ccc(S(=O)(=O)N(CC(=O)N(Cc2ccccc2)[C@@H](Cc2ccccc2)C(=O)NC2CCCCC2)c2ccc(Cl)cc2)cc1. The number of rotatable bonds is 12. The summed E-state index contributed by atoms with van der Waals surface area (Å²) < 4.78 is 29.4. The van der Waals surface area contributed by atoms with Crippen LogP contribution in [0.2, 0.25) is 5.02 Å². The topological polar surface area (TPSA) is 86.8 Å². The van der Waals surface area contributed by atoms with Crippen LogP contribution in [0.1, 0.15) is 48.8 Å². The zero-order valence-corrected chi connectivity index (χ0v) is 27.6. The Morgan fingerprint density at radius 1 is 0.804 bits per heavy atom. The molecule has 1 aliphatic carbocycles. The van der Waals surface area contributed by atoms with Crippen molar-refractivity contribution in [2.75, 3.05) is 10.8 Å². The molecule has 1 fully saturated rings. The van der Waals surface area contributed by atoms with Crippen molar-refractivity contribution in [1.82, 2.24) is 10.2 Å². The molecule has 240 valence electrons. The Morgan fingerprint density at radius 3 is 2.00 bits per heavy atom. The molecule has 46 heavy (non-hydrogen) atoms. The Balaban J connectivity index is 1.54. The van der Waals surface area contributed by atoms with Crippen LogP contribution in [0.4, 0.5) is 5.69 Å². The average molecular weight is 658 g/mol. The number of nitrogens with one attached hydrogen (secondary N) is 1. The van der Waals surface area contributed by atoms with Crippen molar-refractivity contribution >= 4 is 39.1 Å². The van der Waals surface area contributed by atoms with Gasteiger partial charge in [-0.15, -0.1) is 0 Å². The van der Waals surface area contributed by atoms with Gasteiger partial charge in [-0.25, -0.2) is 8.42 Å². The maximum absolute atomic E-state index is 14.6. The molecule has 0 heterocycles. The normalized spacial score (nSPS) is 14.3. The second kappa shape index (κ2) is 15.4. The molecular weight excluding hydrogens is 618 g/mol. The lowest BCUT2D eigenvalue weighted by molar-refractivity contribution is -0.140. The maximum Gasteiger partial charge on any atom is 0.264 e. The minimum Gasteiger partial charge on any atom is -0.352 e. The molecule has 0 aromatic heterocycles. The second-order valence-corrected chi connectivity index (χ2v) is 14.2. The van der Waals surface area contributed by atoms with Gasteiger partial charge in [-0.2, -0.15) is 0 Å². The number of hydrogen-bond acceptors (Lipinski definition) is 4. The van der Waals surface area contributed by atoms with Crippen molar-refractivity contribution in [1.29, 1.82) is 0 Å². The molecule has 1 saturated carbocycles. The number of sulfonamides is 1. The van der Waals surface area contributed by atoms with Gasteiger partial charge >= 0.3 is 0 Å². The minimum atomic E-state index is -4.17. The molecule has 0 saturated heterocycles. The van der Waals surface area contributed by atoms with Gasteiger partial charge in [0.1, 0.15) is 12.6 Å². The fourth-order valence-corrected chi connectivity index (χ4v) is 7.39. The van der Waals surface area contributed by atoms with Gasteiger partial charge in [0, 0.05) is 24.0 Å². The minimum absolute atomic E-state index is 0.0423. The summed E-state index contributed by atoms with van der Waals surface area (Å²) in [5.41, 5.74) is 2.94. The van der Waals surface area contributed by atoms with Crippen LogP contribution in [0.3, 0.4) is 0 Å². The first kappa shape index (κ1) is 33.2. The van der Waals surface area contributed by atoms with E-state index in [0.29, 0.717) is 10.7 Å². The van der Waals surface area contributed by atoms with Gasteiger partial charge in [0.25, 0.3) is 10.0 Å². The van der Waals surface area contributed by atoms with Crippen LogP contribution in [-0.4, -0.2) is 43.8 Å². The van der Waals surface area contributed by atoms with Gasteiger partial charge in [0.2, 0.25) is 11.8 Å². The third-order valence-corrected chi connectivity index (χ3v) is 10.5. The summed E-state index contributed by atoms with van der Waals surface area (Å²) in [7, 11) is -4.17. The van der Waals surface area contributed by atoms with Crippen LogP contribution in [0.15, 0.2) is 114 Å². The lowest BCUT2D eigenvalue weighted by Gasteiger charge is -2.35. The molecular formula is C37H40ClN3O4S. The van der Waals surface area contributed by atoms with Crippen molar-refractivity contribution in [3.05, 3.63) is 131 Å². The van der Waals surface area contributed by atoms with E-state index >= 15 is 0 Å². The van der Waals surface area contributed by atoms with Crippen LogP contribution in [0, 0.1) is 6.92 Å². The second-order valence-electron chi connectivity index (χ2n) is 11.9. The number of anilines is 1.